The van der Waals surface area contributed by atoms with Crippen LogP contribution in [0, 0.1) is 5.92 Å². The third kappa shape index (κ3) is 12.7. The summed E-state index contributed by atoms with van der Waals surface area (Å²) in [5, 5.41) is 0. The van der Waals surface area contributed by atoms with Crippen LogP contribution in [0.15, 0.2) is 0 Å². The Morgan fingerprint density at radius 3 is 1.95 bits per heavy atom. The molecule has 0 aromatic rings. The lowest BCUT2D eigenvalue weighted by Crippen LogP contribution is -2.34. The van der Waals surface area contributed by atoms with Crippen LogP contribution >= 0.6 is 0 Å². The molecule has 0 radical (unpaired) electrons. The molecule has 0 saturated heterocycles. The van der Waals surface area contributed by atoms with Crippen molar-refractivity contribution in [3.63, 3.8) is 0 Å². The van der Waals surface area contributed by atoms with Crippen LogP contribution in [0.3, 0.4) is 0 Å². The Morgan fingerprint density at radius 2 is 1.52 bits per heavy atom. The fraction of sp³-hybridized carbons (Fsp3) is 0.917. The maximum Gasteiger partial charge on any atom is 0.397 e. The van der Waals surface area contributed by atoms with E-state index in [1.54, 1.807) is 13.8 Å². The van der Waals surface area contributed by atoms with E-state index in [2.05, 4.69) is 4.18 Å². The number of esters is 1. The van der Waals surface area contributed by atoms with Crippen molar-refractivity contribution in [2.45, 2.75) is 13.8 Å². The van der Waals surface area contributed by atoms with E-state index >= 15 is 0 Å². The fourth-order valence-corrected chi connectivity index (χ4v) is 1.62. The molecular formula is C12H26N2O6S. The lowest BCUT2D eigenvalue weighted by atomic mass is 10.2. The highest BCUT2D eigenvalue weighted by atomic mass is 32.3. The molecule has 0 atom stereocenters. The molecule has 0 aromatic heterocycles. The van der Waals surface area contributed by atoms with Crippen molar-refractivity contribution in [1.82, 2.24) is 9.80 Å². The molecule has 0 aromatic carbocycles. The summed E-state index contributed by atoms with van der Waals surface area (Å²) >= 11 is 0. The van der Waals surface area contributed by atoms with Crippen molar-refractivity contribution in [3.05, 3.63) is 0 Å². The Bertz CT molecular complexity index is 399. The lowest BCUT2D eigenvalue weighted by molar-refractivity contribution is -0.147. The zero-order valence-electron chi connectivity index (χ0n) is 13.1. The molecule has 0 aliphatic heterocycles. The zero-order chi connectivity index (χ0) is 16.5. The summed E-state index contributed by atoms with van der Waals surface area (Å²) in [5.41, 5.74) is 0. The standard InChI is InChI=1S/C12H26N2O6S/c1-11(2)12(15)19-9-7-13(3)5-6-14(4)8-10-20-21(16,17)18/h11H,5-10H2,1-4H3,(H,16,17,18). The predicted molar refractivity (Wildman–Crippen MR) is 78.3 cm³/mol. The van der Waals surface area contributed by atoms with Gasteiger partial charge in [-0.05, 0) is 14.1 Å². The van der Waals surface area contributed by atoms with Gasteiger partial charge in [-0.3, -0.25) is 9.35 Å². The molecule has 1 N–H and O–H groups in total. The van der Waals surface area contributed by atoms with Gasteiger partial charge < -0.3 is 14.5 Å². The monoisotopic (exact) mass is 326 g/mol. The average molecular weight is 326 g/mol. The van der Waals surface area contributed by atoms with Gasteiger partial charge in [-0.25, -0.2) is 4.18 Å². The minimum atomic E-state index is -4.36. The van der Waals surface area contributed by atoms with Gasteiger partial charge in [0.05, 0.1) is 12.5 Å². The Hall–Kier alpha value is -0.740. The third-order valence-corrected chi connectivity index (χ3v) is 3.22. The van der Waals surface area contributed by atoms with Gasteiger partial charge in [0.15, 0.2) is 0 Å². The van der Waals surface area contributed by atoms with Crippen LogP contribution in [0.2, 0.25) is 0 Å². The Morgan fingerprint density at radius 1 is 1.05 bits per heavy atom. The number of hydrogen-bond acceptors (Lipinski definition) is 7. The van der Waals surface area contributed by atoms with Gasteiger partial charge >= 0.3 is 16.4 Å². The number of carbonyl (C=O) groups is 1. The van der Waals surface area contributed by atoms with Crippen LogP contribution in [0.5, 0.6) is 0 Å². The SMILES string of the molecule is CC(C)C(=O)OCCN(C)CCN(C)CCOS(=O)(=O)O. The first-order valence-corrected chi connectivity index (χ1v) is 8.14. The maximum atomic E-state index is 11.3. The molecule has 126 valence electrons. The van der Waals surface area contributed by atoms with Crippen molar-refractivity contribution in [2.75, 3.05) is 53.5 Å². The van der Waals surface area contributed by atoms with E-state index in [1.807, 2.05) is 23.9 Å². The summed E-state index contributed by atoms with van der Waals surface area (Å²) in [7, 11) is -0.636. The van der Waals surface area contributed by atoms with Crippen LogP contribution in [0.25, 0.3) is 0 Å². The topological polar surface area (TPSA) is 96.4 Å². The molecule has 21 heavy (non-hydrogen) atoms. The minimum absolute atomic E-state index is 0.0922. The number of carbonyl (C=O) groups excluding carboxylic acids is 1. The summed E-state index contributed by atoms with van der Waals surface area (Å²) in [5.74, 6) is -0.327. The number of nitrogens with zero attached hydrogens (tertiary/aromatic N) is 2. The first-order valence-electron chi connectivity index (χ1n) is 6.77. The van der Waals surface area contributed by atoms with Gasteiger partial charge in [-0.15, -0.1) is 0 Å². The molecule has 0 rings (SSSR count). The van der Waals surface area contributed by atoms with Crippen LogP contribution in [-0.4, -0.2) is 82.2 Å². The molecule has 0 aliphatic rings. The lowest BCUT2D eigenvalue weighted by Gasteiger charge is -2.21. The van der Waals surface area contributed by atoms with Crippen LogP contribution < -0.4 is 0 Å². The molecule has 0 unspecified atom stereocenters. The van der Waals surface area contributed by atoms with Crippen molar-refractivity contribution in [2.24, 2.45) is 5.92 Å². The molecule has 0 fully saturated rings. The fourth-order valence-electron chi connectivity index (χ4n) is 1.33. The number of ether oxygens (including phenoxy) is 1. The second-order valence-corrected chi connectivity index (χ2v) is 6.27. The van der Waals surface area contributed by atoms with E-state index in [9.17, 15) is 13.2 Å². The summed E-state index contributed by atoms with van der Waals surface area (Å²) in [6, 6.07) is 0. The predicted octanol–water partition coefficient (Wildman–Crippen LogP) is -0.131. The van der Waals surface area contributed by atoms with Crippen LogP contribution in [-0.2, 0) is 24.1 Å². The highest BCUT2D eigenvalue weighted by Gasteiger charge is 2.09. The summed E-state index contributed by atoms with van der Waals surface area (Å²) in [4.78, 5) is 15.1. The zero-order valence-corrected chi connectivity index (χ0v) is 13.9. The summed E-state index contributed by atoms with van der Waals surface area (Å²) < 4.78 is 38.5. The van der Waals surface area contributed by atoms with Gasteiger partial charge in [-0.1, -0.05) is 13.8 Å². The Labute approximate surface area is 126 Å². The number of likely N-dealkylation sites (N-methyl/N-ethyl adjacent to an activating group) is 2. The van der Waals surface area contributed by atoms with Crippen LogP contribution in [0.1, 0.15) is 13.8 Å². The summed E-state index contributed by atoms with van der Waals surface area (Å²) in [6.07, 6.45) is 0. The second-order valence-electron chi connectivity index (χ2n) is 5.18. The largest absolute Gasteiger partial charge is 0.464 e. The highest BCUT2D eigenvalue weighted by molar-refractivity contribution is 7.80. The third-order valence-electron chi connectivity index (χ3n) is 2.76. The molecule has 0 heterocycles. The minimum Gasteiger partial charge on any atom is -0.464 e. The number of hydrogen-bond donors (Lipinski definition) is 1. The Balaban J connectivity index is 3.68. The van der Waals surface area contributed by atoms with E-state index in [0.717, 1.165) is 6.54 Å². The Kier molecular flexibility index (Phi) is 9.71. The molecule has 0 spiro atoms. The van der Waals surface area contributed by atoms with Crippen molar-refractivity contribution < 1.29 is 26.7 Å². The van der Waals surface area contributed by atoms with Gasteiger partial charge in [-0.2, -0.15) is 8.42 Å². The van der Waals surface area contributed by atoms with Crippen molar-refractivity contribution in [3.8, 4) is 0 Å². The maximum absolute atomic E-state index is 11.3. The molecule has 9 heteroatoms. The number of rotatable bonds is 11. The van der Waals surface area contributed by atoms with Gasteiger partial charge in [0, 0.05) is 26.2 Å². The smallest absolute Gasteiger partial charge is 0.397 e. The second kappa shape index (κ2) is 10.1. The van der Waals surface area contributed by atoms with E-state index in [1.165, 1.54) is 0 Å². The van der Waals surface area contributed by atoms with Gasteiger partial charge in [0.2, 0.25) is 0 Å². The van der Waals surface area contributed by atoms with Crippen LogP contribution in [0.4, 0.5) is 0 Å². The first kappa shape index (κ1) is 20.3. The molecule has 8 nitrogen and oxygen atoms in total. The highest BCUT2D eigenvalue weighted by Crippen LogP contribution is 1.96. The van der Waals surface area contributed by atoms with E-state index < -0.39 is 10.4 Å². The molecule has 0 aliphatic carbocycles. The van der Waals surface area contributed by atoms with E-state index in [-0.39, 0.29) is 18.5 Å². The van der Waals surface area contributed by atoms with Gasteiger partial charge in [0.1, 0.15) is 6.61 Å². The average Bonchev–Trinajstić information content (AvgIpc) is 2.34. The van der Waals surface area contributed by atoms with Crippen molar-refractivity contribution in [1.29, 1.82) is 0 Å². The molecule has 0 amide bonds. The van der Waals surface area contributed by atoms with E-state index in [4.69, 9.17) is 9.29 Å². The molecule has 0 saturated carbocycles. The van der Waals surface area contributed by atoms with E-state index in [0.29, 0.717) is 26.2 Å². The quantitative estimate of drug-likeness (QED) is 0.414. The first-order chi connectivity index (χ1) is 9.61. The normalized spacial score (nSPS) is 12.4. The molecular weight excluding hydrogens is 300 g/mol. The summed E-state index contributed by atoms with van der Waals surface area (Å²) in [6.45, 7) is 6.29. The van der Waals surface area contributed by atoms with Crippen molar-refractivity contribution >= 4 is 16.4 Å². The van der Waals surface area contributed by atoms with Gasteiger partial charge in [0.25, 0.3) is 0 Å². The molecule has 0 bridgehead atoms.